The van der Waals surface area contributed by atoms with Crippen LogP contribution in [-0.4, -0.2) is 29.1 Å². The highest BCUT2D eigenvalue weighted by molar-refractivity contribution is 7.07. The predicted octanol–water partition coefficient (Wildman–Crippen LogP) is 2.82. The van der Waals surface area contributed by atoms with Crippen LogP contribution in [0.25, 0.3) is 6.08 Å². The Morgan fingerprint density at radius 3 is 2.39 bits per heavy atom. The molecular weight excluding hydrogens is 508 g/mol. The number of carbonyl (C=O) groups excluding carboxylic acids is 3. The number of hydrogen-bond donors (Lipinski definition) is 0. The summed E-state index contributed by atoms with van der Waals surface area (Å²) in [6.45, 7) is 7.87. The summed E-state index contributed by atoms with van der Waals surface area (Å²) in [5.41, 5.74) is 1.52. The second-order valence-electron chi connectivity index (χ2n) is 8.30. The van der Waals surface area contributed by atoms with E-state index in [4.69, 9.17) is 14.2 Å². The number of aromatic nitrogens is 1. The average molecular weight is 533 g/mol. The molecule has 1 aromatic heterocycles. The summed E-state index contributed by atoms with van der Waals surface area (Å²) in [5.74, 6) is -0.852. The van der Waals surface area contributed by atoms with Crippen molar-refractivity contribution in [1.29, 1.82) is 0 Å². The molecule has 1 aliphatic heterocycles. The minimum absolute atomic E-state index is 0.00316. The zero-order valence-electron chi connectivity index (χ0n) is 20.9. The van der Waals surface area contributed by atoms with E-state index in [-0.39, 0.29) is 17.7 Å². The molecule has 0 aliphatic carbocycles. The first-order valence-electron chi connectivity index (χ1n) is 11.6. The molecule has 2 heterocycles. The third kappa shape index (κ3) is 5.70. The number of rotatable bonds is 7. The Hall–Kier alpha value is -4.57. The van der Waals surface area contributed by atoms with E-state index in [2.05, 4.69) is 11.6 Å². The normalized spacial score (nSPS) is 14.8. The van der Waals surface area contributed by atoms with Gasteiger partial charge < -0.3 is 14.2 Å². The Balaban J connectivity index is 1.86. The fraction of sp³-hybridized carbons (Fsp3) is 0.179. The molecule has 0 spiro atoms. The highest BCUT2D eigenvalue weighted by Crippen LogP contribution is 2.31. The molecule has 194 valence electrons. The molecule has 4 rings (SSSR count). The molecule has 0 bridgehead atoms. The number of esters is 3. The molecule has 2 aromatic carbocycles. The predicted molar refractivity (Wildman–Crippen MR) is 140 cm³/mol. The molecule has 9 nitrogen and oxygen atoms in total. The molecule has 0 radical (unpaired) electrons. The zero-order chi connectivity index (χ0) is 27.4. The molecule has 10 heteroatoms. The van der Waals surface area contributed by atoms with Gasteiger partial charge in [-0.15, -0.1) is 0 Å². The van der Waals surface area contributed by atoms with E-state index in [1.807, 2.05) is 0 Å². The van der Waals surface area contributed by atoms with Crippen molar-refractivity contribution in [3.63, 3.8) is 0 Å². The van der Waals surface area contributed by atoms with Gasteiger partial charge in [0.25, 0.3) is 5.56 Å². The second kappa shape index (κ2) is 11.2. The van der Waals surface area contributed by atoms with Crippen LogP contribution >= 0.6 is 11.3 Å². The maximum absolute atomic E-state index is 13.7. The fourth-order valence-electron chi connectivity index (χ4n) is 3.98. The summed E-state index contributed by atoms with van der Waals surface area (Å²) in [5, 5.41) is 0. The van der Waals surface area contributed by atoms with Crippen molar-refractivity contribution in [3.05, 3.63) is 103 Å². The maximum Gasteiger partial charge on any atom is 0.338 e. The number of benzene rings is 2. The van der Waals surface area contributed by atoms with Gasteiger partial charge in [-0.3, -0.25) is 19.0 Å². The third-order valence-corrected chi connectivity index (χ3v) is 6.43. The molecule has 0 saturated carbocycles. The van der Waals surface area contributed by atoms with Crippen LogP contribution in [0.5, 0.6) is 11.5 Å². The summed E-state index contributed by atoms with van der Waals surface area (Å²) in [4.78, 5) is 54.4. The van der Waals surface area contributed by atoms with Crippen molar-refractivity contribution in [3.8, 4) is 11.5 Å². The van der Waals surface area contributed by atoms with E-state index in [1.165, 1.54) is 35.8 Å². The molecule has 38 heavy (non-hydrogen) atoms. The van der Waals surface area contributed by atoms with Crippen LogP contribution < -0.4 is 24.4 Å². The van der Waals surface area contributed by atoms with Crippen LogP contribution in [0.2, 0.25) is 0 Å². The number of carbonyl (C=O) groups is 3. The molecule has 0 N–H and O–H groups in total. The Morgan fingerprint density at radius 2 is 1.74 bits per heavy atom. The fourth-order valence-corrected chi connectivity index (χ4v) is 5.03. The van der Waals surface area contributed by atoms with Gasteiger partial charge in [0.2, 0.25) is 0 Å². The Labute approximate surface area is 221 Å². The molecule has 0 unspecified atom stereocenters. The van der Waals surface area contributed by atoms with Gasteiger partial charge in [0.1, 0.15) is 18.1 Å². The largest absolute Gasteiger partial charge is 0.458 e. The van der Waals surface area contributed by atoms with Gasteiger partial charge in [0.15, 0.2) is 4.80 Å². The molecule has 3 aromatic rings. The van der Waals surface area contributed by atoms with Gasteiger partial charge in [-0.2, -0.15) is 0 Å². The number of ether oxygens (including phenoxy) is 3. The summed E-state index contributed by atoms with van der Waals surface area (Å²) in [6, 6.07) is 12.5. The number of thiazole rings is 1. The lowest BCUT2D eigenvalue weighted by Gasteiger charge is -2.24. The lowest BCUT2D eigenvalue weighted by molar-refractivity contribution is -0.138. The van der Waals surface area contributed by atoms with Crippen LogP contribution in [0.15, 0.2) is 82.2 Å². The second-order valence-corrected chi connectivity index (χ2v) is 9.31. The SMILES string of the molecule is C=CCOC(=O)C1=C(C)N=c2s/c(=C\c3cccc(OC(C)=O)c3)c(=O)n2[C@H]1c1ccc(OC(C)=O)cc1. The smallest absolute Gasteiger partial charge is 0.338 e. The standard InChI is InChI=1S/C28H24N2O7S/c1-5-13-35-27(34)24-16(2)29-28-30(25(24)20-9-11-21(12-10-20)36-17(3)31)26(33)23(38-28)15-19-7-6-8-22(14-19)37-18(4)32/h5-12,14-15,25H,1,13H2,2-4H3/b23-15-/t25-/m0/s1. The quantitative estimate of drug-likeness (QED) is 0.261. The van der Waals surface area contributed by atoms with Crippen molar-refractivity contribution in [2.75, 3.05) is 6.61 Å². The van der Waals surface area contributed by atoms with E-state index in [9.17, 15) is 19.2 Å². The highest BCUT2D eigenvalue weighted by Gasteiger charge is 2.33. The Morgan fingerprint density at radius 1 is 1.05 bits per heavy atom. The van der Waals surface area contributed by atoms with Crippen molar-refractivity contribution < 1.29 is 28.6 Å². The Kier molecular flexibility index (Phi) is 7.82. The van der Waals surface area contributed by atoms with E-state index in [0.29, 0.717) is 37.7 Å². The van der Waals surface area contributed by atoms with Gasteiger partial charge in [0.05, 0.1) is 21.8 Å². The molecule has 0 fully saturated rings. The number of nitrogens with zero attached hydrogens (tertiary/aromatic N) is 2. The summed E-state index contributed by atoms with van der Waals surface area (Å²) in [7, 11) is 0. The molecule has 1 atom stereocenters. The van der Waals surface area contributed by atoms with Gasteiger partial charge in [-0.1, -0.05) is 48.3 Å². The lowest BCUT2D eigenvalue weighted by Crippen LogP contribution is -2.39. The molecule has 1 aliphatic rings. The van der Waals surface area contributed by atoms with Crippen molar-refractivity contribution in [1.82, 2.24) is 4.57 Å². The molecule has 0 saturated heterocycles. The topological polar surface area (TPSA) is 113 Å². The molecular formula is C28H24N2O7S. The first-order chi connectivity index (χ1) is 18.2. The minimum Gasteiger partial charge on any atom is -0.458 e. The lowest BCUT2D eigenvalue weighted by atomic mass is 9.96. The zero-order valence-corrected chi connectivity index (χ0v) is 21.7. The van der Waals surface area contributed by atoms with Gasteiger partial charge in [-0.05, 0) is 48.4 Å². The molecule has 0 amide bonds. The van der Waals surface area contributed by atoms with Crippen LogP contribution in [0.1, 0.15) is 37.9 Å². The van der Waals surface area contributed by atoms with E-state index in [1.54, 1.807) is 61.5 Å². The summed E-state index contributed by atoms with van der Waals surface area (Å²) in [6.07, 6.45) is 3.13. The first-order valence-corrected chi connectivity index (χ1v) is 12.4. The highest BCUT2D eigenvalue weighted by atomic mass is 32.1. The maximum atomic E-state index is 13.7. The summed E-state index contributed by atoms with van der Waals surface area (Å²) >= 11 is 1.17. The Bertz CT molecular complexity index is 1650. The van der Waals surface area contributed by atoms with Crippen LogP contribution in [0.4, 0.5) is 0 Å². The number of allylic oxidation sites excluding steroid dienone is 1. The number of hydrogen-bond acceptors (Lipinski definition) is 9. The first kappa shape index (κ1) is 26.5. The van der Waals surface area contributed by atoms with Crippen molar-refractivity contribution in [2.24, 2.45) is 4.99 Å². The monoisotopic (exact) mass is 532 g/mol. The van der Waals surface area contributed by atoms with Gasteiger partial charge in [0, 0.05) is 13.8 Å². The van der Waals surface area contributed by atoms with Gasteiger partial charge >= 0.3 is 17.9 Å². The van der Waals surface area contributed by atoms with Crippen molar-refractivity contribution in [2.45, 2.75) is 26.8 Å². The van der Waals surface area contributed by atoms with Crippen LogP contribution in [-0.2, 0) is 19.1 Å². The van der Waals surface area contributed by atoms with E-state index in [0.717, 1.165) is 0 Å². The van der Waals surface area contributed by atoms with Crippen LogP contribution in [0.3, 0.4) is 0 Å². The number of fused-ring (bicyclic) bond motifs is 1. The summed E-state index contributed by atoms with van der Waals surface area (Å²) < 4.78 is 17.4. The van der Waals surface area contributed by atoms with Gasteiger partial charge in [-0.25, -0.2) is 9.79 Å². The van der Waals surface area contributed by atoms with Crippen molar-refractivity contribution >= 4 is 35.3 Å². The third-order valence-electron chi connectivity index (χ3n) is 5.45. The average Bonchev–Trinajstić information content (AvgIpc) is 3.16. The van der Waals surface area contributed by atoms with E-state index >= 15 is 0 Å². The minimum atomic E-state index is -0.829. The van der Waals surface area contributed by atoms with Crippen LogP contribution in [0, 0.1) is 0 Å². The van der Waals surface area contributed by atoms with E-state index < -0.39 is 23.9 Å².